The molecule has 0 bridgehead atoms. The second kappa shape index (κ2) is 11.0. The van der Waals surface area contributed by atoms with Gasteiger partial charge in [0.1, 0.15) is 18.0 Å². The van der Waals surface area contributed by atoms with Gasteiger partial charge in [0.2, 0.25) is 0 Å². The lowest BCUT2D eigenvalue weighted by molar-refractivity contribution is -0.141. The molecule has 6 heteroatoms. The van der Waals surface area contributed by atoms with Crippen molar-refractivity contribution >= 4 is 24.8 Å². The average molecular weight is 457 g/mol. The molecule has 1 atom stereocenters. The van der Waals surface area contributed by atoms with E-state index >= 15 is 0 Å². The summed E-state index contributed by atoms with van der Waals surface area (Å²) in [6, 6.07) is 13.6. The zero-order valence-corrected chi connectivity index (χ0v) is 20.5. The molecule has 1 heterocycles. The van der Waals surface area contributed by atoms with E-state index in [1.807, 2.05) is 56.3 Å². The number of hydrogen-bond donors (Lipinski definition) is 1. The molecule has 32 heavy (non-hydrogen) atoms. The lowest BCUT2D eigenvalue weighted by Gasteiger charge is -2.29. The molecule has 3 rings (SSSR count). The molecule has 1 N–H and O–H groups in total. The zero-order chi connectivity index (χ0) is 23.1. The Balaban J connectivity index is 1.73. The quantitative estimate of drug-likeness (QED) is 0.395. The van der Waals surface area contributed by atoms with Crippen molar-refractivity contribution in [3.63, 3.8) is 0 Å². The van der Waals surface area contributed by atoms with Crippen LogP contribution in [-0.4, -0.2) is 43.1 Å². The summed E-state index contributed by atoms with van der Waals surface area (Å²) in [5.41, 5.74) is 3.65. The van der Waals surface area contributed by atoms with Gasteiger partial charge in [0.15, 0.2) is 6.16 Å². The Morgan fingerprint density at radius 3 is 2.25 bits per heavy atom. The number of aryl methyl sites for hydroxylation is 2. The molecule has 1 aliphatic rings. The molecule has 0 aliphatic carbocycles. The molecule has 2 aromatic rings. The summed E-state index contributed by atoms with van der Waals surface area (Å²) in [6.45, 7) is 6.31. The van der Waals surface area contributed by atoms with Crippen LogP contribution in [0, 0.1) is 13.8 Å². The van der Waals surface area contributed by atoms with E-state index < -0.39 is 7.26 Å². The van der Waals surface area contributed by atoms with Gasteiger partial charge in [-0.3, -0.25) is 4.79 Å². The molecular formula is C26H35NO4P+. The SMILES string of the molecule is CCC(C(=O)Nc1c(C)cc(OC)cc1C)[P+]1(CC(=O)OCc2ccccc2)CCCC1. The van der Waals surface area contributed by atoms with E-state index in [2.05, 4.69) is 12.2 Å². The van der Waals surface area contributed by atoms with Crippen LogP contribution in [0.2, 0.25) is 0 Å². The van der Waals surface area contributed by atoms with Crippen LogP contribution in [0.15, 0.2) is 42.5 Å². The summed E-state index contributed by atoms with van der Waals surface area (Å²) in [4.78, 5) is 26.3. The highest BCUT2D eigenvalue weighted by Crippen LogP contribution is 2.68. The first kappa shape index (κ1) is 24.3. The number of hydrogen-bond acceptors (Lipinski definition) is 4. The molecule has 1 amide bonds. The standard InChI is InChI=1S/C26H34NO4P/c1-5-23(26(29)27-25-19(2)15-22(30-4)16-20(25)3)32(13-9-10-14-32)18-24(28)31-17-21-11-7-6-8-12-21/h6-8,11-12,15-16,23H,5,9-10,13-14,17-18H2,1-4H3/p+1. The minimum atomic E-state index is -1.78. The molecule has 0 radical (unpaired) electrons. The van der Waals surface area contributed by atoms with E-state index in [9.17, 15) is 9.59 Å². The van der Waals surface area contributed by atoms with Gasteiger partial charge in [-0.05, 0) is 61.9 Å². The van der Waals surface area contributed by atoms with Gasteiger partial charge in [-0.1, -0.05) is 37.3 Å². The number of amides is 1. The van der Waals surface area contributed by atoms with Crippen LogP contribution in [0.4, 0.5) is 5.69 Å². The van der Waals surface area contributed by atoms with Crippen LogP contribution in [0.3, 0.4) is 0 Å². The van der Waals surface area contributed by atoms with Crippen molar-refractivity contribution in [3.8, 4) is 5.75 Å². The molecule has 0 saturated carbocycles. The molecule has 172 valence electrons. The Morgan fingerprint density at radius 2 is 1.69 bits per heavy atom. The lowest BCUT2D eigenvalue weighted by atomic mass is 10.1. The third-order valence-electron chi connectivity index (χ3n) is 6.48. The number of rotatable bonds is 9. The fourth-order valence-corrected chi connectivity index (χ4v) is 9.89. The molecule has 1 aliphatic heterocycles. The molecule has 1 fully saturated rings. The number of nitrogens with one attached hydrogen (secondary N) is 1. The third-order valence-corrected chi connectivity index (χ3v) is 11.7. The van der Waals surface area contributed by atoms with Gasteiger partial charge in [-0.25, -0.2) is 4.79 Å². The molecular weight excluding hydrogens is 421 g/mol. The second-order valence-electron chi connectivity index (χ2n) is 8.73. The highest BCUT2D eigenvalue weighted by molar-refractivity contribution is 7.78. The van der Waals surface area contributed by atoms with Crippen molar-refractivity contribution in [3.05, 3.63) is 59.2 Å². The normalized spacial score (nSPS) is 15.8. The van der Waals surface area contributed by atoms with Gasteiger partial charge in [-0.15, -0.1) is 0 Å². The van der Waals surface area contributed by atoms with Crippen molar-refractivity contribution in [2.45, 2.75) is 52.3 Å². The first-order chi connectivity index (χ1) is 15.4. The van der Waals surface area contributed by atoms with Crippen LogP contribution in [0.5, 0.6) is 5.75 Å². The molecule has 1 unspecified atom stereocenters. The first-order valence-electron chi connectivity index (χ1n) is 11.4. The van der Waals surface area contributed by atoms with Crippen molar-refractivity contribution in [1.82, 2.24) is 0 Å². The Kier molecular flexibility index (Phi) is 8.31. The number of benzene rings is 2. The maximum Gasteiger partial charge on any atom is 0.344 e. The number of ether oxygens (including phenoxy) is 2. The zero-order valence-electron chi connectivity index (χ0n) is 19.6. The molecule has 5 nitrogen and oxygen atoms in total. The summed E-state index contributed by atoms with van der Waals surface area (Å²) in [5, 5.41) is 3.19. The van der Waals surface area contributed by atoms with E-state index in [4.69, 9.17) is 9.47 Å². The summed E-state index contributed by atoms with van der Waals surface area (Å²) >= 11 is 0. The van der Waals surface area contributed by atoms with Crippen molar-refractivity contribution in [1.29, 1.82) is 0 Å². The Hall–Kier alpha value is -2.39. The van der Waals surface area contributed by atoms with E-state index in [0.717, 1.165) is 59.7 Å². The predicted octanol–water partition coefficient (Wildman–Crippen LogP) is 5.58. The van der Waals surface area contributed by atoms with Gasteiger partial charge in [-0.2, -0.15) is 0 Å². The van der Waals surface area contributed by atoms with Crippen LogP contribution in [0.25, 0.3) is 0 Å². The van der Waals surface area contributed by atoms with Gasteiger partial charge in [0.05, 0.1) is 19.4 Å². The monoisotopic (exact) mass is 456 g/mol. The number of methoxy groups -OCH3 is 1. The van der Waals surface area contributed by atoms with Crippen LogP contribution < -0.4 is 10.1 Å². The van der Waals surface area contributed by atoms with Crippen LogP contribution in [0.1, 0.15) is 42.9 Å². The summed E-state index contributed by atoms with van der Waals surface area (Å²) in [7, 11) is -0.141. The Labute approximate surface area is 192 Å². The number of esters is 1. The fraction of sp³-hybridized carbons (Fsp3) is 0.462. The minimum absolute atomic E-state index is 0.0370. The van der Waals surface area contributed by atoms with E-state index in [1.54, 1.807) is 7.11 Å². The fourth-order valence-electron chi connectivity index (χ4n) is 4.85. The number of anilines is 1. The molecule has 2 aromatic carbocycles. The minimum Gasteiger partial charge on any atom is -0.497 e. The molecule has 0 spiro atoms. The maximum absolute atomic E-state index is 13.5. The van der Waals surface area contributed by atoms with Crippen LogP contribution >= 0.6 is 7.26 Å². The topological polar surface area (TPSA) is 64.6 Å². The lowest BCUT2D eigenvalue weighted by Crippen LogP contribution is -2.34. The van der Waals surface area contributed by atoms with Gasteiger partial charge < -0.3 is 14.8 Å². The summed E-state index contributed by atoms with van der Waals surface area (Å²) < 4.78 is 11.0. The number of carbonyl (C=O) groups is 2. The molecule has 1 saturated heterocycles. The highest BCUT2D eigenvalue weighted by Gasteiger charge is 2.52. The molecule has 0 aromatic heterocycles. The summed E-state index contributed by atoms with van der Waals surface area (Å²) in [5.74, 6) is 0.646. The number of carbonyl (C=O) groups excluding carboxylic acids is 2. The van der Waals surface area contributed by atoms with Gasteiger partial charge in [0.25, 0.3) is 5.91 Å². The maximum atomic E-state index is 13.5. The second-order valence-corrected chi connectivity index (χ2v) is 13.0. The smallest absolute Gasteiger partial charge is 0.344 e. The van der Waals surface area contributed by atoms with Gasteiger partial charge >= 0.3 is 5.97 Å². The van der Waals surface area contributed by atoms with E-state index in [-0.39, 0.29) is 24.1 Å². The third kappa shape index (κ3) is 5.69. The summed E-state index contributed by atoms with van der Waals surface area (Å²) in [6.07, 6.45) is 5.28. The Bertz CT molecular complexity index is 915. The predicted molar refractivity (Wildman–Crippen MR) is 132 cm³/mol. The van der Waals surface area contributed by atoms with E-state index in [0.29, 0.717) is 6.16 Å². The van der Waals surface area contributed by atoms with Crippen molar-refractivity contribution in [2.75, 3.05) is 30.9 Å². The van der Waals surface area contributed by atoms with Crippen LogP contribution in [-0.2, 0) is 20.9 Å². The van der Waals surface area contributed by atoms with Crippen molar-refractivity contribution in [2.24, 2.45) is 0 Å². The van der Waals surface area contributed by atoms with Gasteiger partial charge in [0, 0.05) is 12.9 Å². The Morgan fingerprint density at radius 1 is 1.06 bits per heavy atom. The largest absolute Gasteiger partial charge is 0.497 e. The average Bonchev–Trinajstić information content (AvgIpc) is 3.24. The first-order valence-corrected chi connectivity index (χ1v) is 13.8. The van der Waals surface area contributed by atoms with E-state index in [1.165, 1.54) is 0 Å². The highest BCUT2D eigenvalue weighted by atomic mass is 31.2. The van der Waals surface area contributed by atoms with Crippen molar-refractivity contribution < 1.29 is 19.1 Å².